The van der Waals surface area contributed by atoms with Crippen LogP contribution in [0.3, 0.4) is 0 Å². The maximum absolute atomic E-state index is 11.7. The van der Waals surface area contributed by atoms with Gasteiger partial charge in [-0.2, -0.15) is 5.10 Å². The van der Waals surface area contributed by atoms with Crippen molar-refractivity contribution < 1.29 is 4.79 Å². The maximum Gasteiger partial charge on any atom is 0.242 e. The summed E-state index contributed by atoms with van der Waals surface area (Å²) in [6.07, 6.45) is 5.28. The fourth-order valence-corrected chi connectivity index (χ4v) is 1.46. The van der Waals surface area contributed by atoms with Crippen molar-refractivity contribution in [1.82, 2.24) is 10.2 Å². The Morgan fingerprint density at radius 1 is 1.62 bits per heavy atom. The molecule has 0 saturated carbocycles. The number of aromatic amines is 1. The second kappa shape index (κ2) is 6.27. The Labute approximate surface area is 95.8 Å². The molecule has 1 unspecified atom stereocenters. The van der Waals surface area contributed by atoms with Crippen molar-refractivity contribution in [2.45, 2.75) is 45.6 Å². The zero-order valence-corrected chi connectivity index (χ0v) is 9.92. The minimum absolute atomic E-state index is 0.146. The summed E-state index contributed by atoms with van der Waals surface area (Å²) in [4.78, 5) is 11.7. The number of H-pyrrole nitrogens is 1. The summed E-state index contributed by atoms with van der Waals surface area (Å²) in [6.45, 7) is 4.09. The molecule has 1 amide bonds. The number of aromatic nitrogens is 2. The fourth-order valence-electron chi connectivity index (χ4n) is 1.46. The van der Waals surface area contributed by atoms with Crippen molar-refractivity contribution >= 4 is 11.7 Å². The molecule has 1 aromatic heterocycles. The molecule has 5 heteroatoms. The fraction of sp³-hybridized carbons (Fsp3) is 0.636. The number of hydrogen-bond acceptors (Lipinski definition) is 3. The van der Waals surface area contributed by atoms with Crippen LogP contribution in [0.25, 0.3) is 0 Å². The highest BCUT2D eigenvalue weighted by Crippen LogP contribution is 2.11. The molecular weight excluding hydrogens is 204 g/mol. The third-order valence-corrected chi connectivity index (χ3v) is 2.55. The Morgan fingerprint density at radius 3 is 3.00 bits per heavy atom. The van der Waals surface area contributed by atoms with Gasteiger partial charge < -0.3 is 11.1 Å². The number of amides is 1. The van der Waals surface area contributed by atoms with Gasteiger partial charge in [0.05, 0.1) is 12.2 Å². The zero-order valence-electron chi connectivity index (χ0n) is 9.92. The molecule has 90 valence electrons. The molecule has 1 heterocycles. The molecule has 0 spiro atoms. The van der Waals surface area contributed by atoms with Crippen molar-refractivity contribution in [3.05, 3.63) is 11.8 Å². The summed E-state index contributed by atoms with van der Waals surface area (Å²) in [5.74, 6) is 0.520. The molecule has 0 radical (unpaired) electrons. The Kier molecular flexibility index (Phi) is 4.98. The molecule has 0 aliphatic heterocycles. The third-order valence-electron chi connectivity index (χ3n) is 2.55. The van der Waals surface area contributed by atoms with Crippen LogP contribution in [0.4, 0.5) is 5.82 Å². The van der Waals surface area contributed by atoms with E-state index in [0.717, 1.165) is 31.2 Å². The SMILES string of the molecule is CCCCC(N)C(=O)Nc1[nH]ncc1CC. The van der Waals surface area contributed by atoms with Gasteiger partial charge in [0.1, 0.15) is 5.82 Å². The molecule has 0 saturated heterocycles. The number of nitrogens with one attached hydrogen (secondary N) is 2. The van der Waals surface area contributed by atoms with Crippen LogP contribution in [0.2, 0.25) is 0 Å². The van der Waals surface area contributed by atoms with Gasteiger partial charge in [-0.15, -0.1) is 0 Å². The van der Waals surface area contributed by atoms with Crippen LogP contribution in [0.1, 0.15) is 38.7 Å². The van der Waals surface area contributed by atoms with E-state index in [1.54, 1.807) is 6.20 Å². The van der Waals surface area contributed by atoms with Gasteiger partial charge in [0.25, 0.3) is 0 Å². The van der Waals surface area contributed by atoms with E-state index < -0.39 is 6.04 Å². The summed E-state index contributed by atoms with van der Waals surface area (Å²) in [7, 11) is 0. The lowest BCUT2D eigenvalue weighted by molar-refractivity contribution is -0.117. The topological polar surface area (TPSA) is 83.8 Å². The maximum atomic E-state index is 11.7. The Bertz CT molecular complexity index is 334. The molecule has 1 aromatic rings. The highest BCUT2D eigenvalue weighted by atomic mass is 16.2. The van der Waals surface area contributed by atoms with Gasteiger partial charge in [-0.3, -0.25) is 9.89 Å². The lowest BCUT2D eigenvalue weighted by Crippen LogP contribution is -2.35. The standard InChI is InChI=1S/C11H20N4O/c1-3-5-6-9(12)11(16)14-10-8(4-2)7-13-15-10/h7,9H,3-6,12H2,1-2H3,(H2,13,14,15,16). The van der Waals surface area contributed by atoms with Crippen LogP contribution in [0.15, 0.2) is 6.20 Å². The van der Waals surface area contributed by atoms with E-state index in [1.165, 1.54) is 0 Å². The molecule has 16 heavy (non-hydrogen) atoms. The number of nitrogens with two attached hydrogens (primary N) is 1. The number of nitrogens with zero attached hydrogens (tertiary/aromatic N) is 1. The first kappa shape index (κ1) is 12.7. The van der Waals surface area contributed by atoms with E-state index in [0.29, 0.717) is 5.82 Å². The first-order valence-electron chi connectivity index (χ1n) is 5.77. The molecular formula is C11H20N4O. The number of carbonyl (C=O) groups is 1. The van der Waals surface area contributed by atoms with Crippen LogP contribution >= 0.6 is 0 Å². The van der Waals surface area contributed by atoms with Gasteiger partial charge in [-0.25, -0.2) is 0 Å². The second-order valence-corrected chi connectivity index (χ2v) is 3.86. The predicted molar refractivity (Wildman–Crippen MR) is 64.1 cm³/mol. The van der Waals surface area contributed by atoms with E-state index in [1.807, 2.05) is 6.92 Å². The minimum atomic E-state index is -0.437. The van der Waals surface area contributed by atoms with E-state index in [2.05, 4.69) is 22.4 Å². The summed E-state index contributed by atoms with van der Waals surface area (Å²) < 4.78 is 0. The van der Waals surface area contributed by atoms with Gasteiger partial charge in [-0.05, 0) is 12.8 Å². The van der Waals surface area contributed by atoms with Crippen LogP contribution < -0.4 is 11.1 Å². The first-order valence-corrected chi connectivity index (χ1v) is 5.77. The molecule has 1 atom stereocenters. The highest BCUT2D eigenvalue weighted by molar-refractivity contribution is 5.94. The minimum Gasteiger partial charge on any atom is -0.320 e. The van der Waals surface area contributed by atoms with Crippen molar-refractivity contribution in [3.63, 3.8) is 0 Å². The quantitative estimate of drug-likeness (QED) is 0.683. The Balaban J connectivity index is 2.50. The van der Waals surface area contributed by atoms with Gasteiger partial charge in [0, 0.05) is 5.56 Å². The molecule has 0 aromatic carbocycles. The van der Waals surface area contributed by atoms with Crippen LogP contribution in [0, 0.1) is 0 Å². The Morgan fingerprint density at radius 2 is 2.38 bits per heavy atom. The molecule has 4 N–H and O–H groups in total. The van der Waals surface area contributed by atoms with Crippen LogP contribution in [-0.4, -0.2) is 22.1 Å². The molecule has 5 nitrogen and oxygen atoms in total. The van der Waals surface area contributed by atoms with Crippen molar-refractivity contribution in [1.29, 1.82) is 0 Å². The monoisotopic (exact) mass is 224 g/mol. The molecule has 1 rings (SSSR count). The van der Waals surface area contributed by atoms with E-state index >= 15 is 0 Å². The smallest absolute Gasteiger partial charge is 0.242 e. The van der Waals surface area contributed by atoms with E-state index in [-0.39, 0.29) is 5.91 Å². The number of rotatable bonds is 6. The van der Waals surface area contributed by atoms with E-state index in [9.17, 15) is 4.79 Å². The second-order valence-electron chi connectivity index (χ2n) is 3.86. The predicted octanol–water partition coefficient (Wildman–Crippen LogP) is 1.43. The zero-order chi connectivity index (χ0) is 12.0. The molecule has 0 aliphatic rings. The van der Waals surface area contributed by atoms with Crippen LogP contribution in [-0.2, 0) is 11.2 Å². The highest BCUT2D eigenvalue weighted by Gasteiger charge is 2.14. The third kappa shape index (κ3) is 3.34. The summed E-state index contributed by atoms with van der Waals surface area (Å²) in [5, 5.41) is 9.42. The van der Waals surface area contributed by atoms with Gasteiger partial charge >= 0.3 is 0 Å². The number of anilines is 1. The summed E-state index contributed by atoms with van der Waals surface area (Å²) in [6, 6.07) is -0.437. The van der Waals surface area contributed by atoms with Gasteiger partial charge in [0.2, 0.25) is 5.91 Å². The Hall–Kier alpha value is -1.36. The van der Waals surface area contributed by atoms with Crippen molar-refractivity contribution in [3.8, 4) is 0 Å². The number of aryl methyl sites for hydroxylation is 1. The average Bonchev–Trinajstić information content (AvgIpc) is 2.72. The lowest BCUT2D eigenvalue weighted by Gasteiger charge is -2.11. The first-order chi connectivity index (χ1) is 7.69. The largest absolute Gasteiger partial charge is 0.320 e. The molecule has 0 fully saturated rings. The van der Waals surface area contributed by atoms with Gasteiger partial charge in [0.15, 0.2) is 0 Å². The van der Waals surface area contributed by atoms with Crippen molar-refractivity contribution in [2.75, 3.05) is 5.32 Å². The summed E-state index contributed by atoms with van der Waals surface area (Å²) in [5.41, 5.74) is 6.76. The van der Waals surface area contributed by atoms with Gasteiger partial charge in [-0.1, -0.05) is 26.7 Å². The number of carbonyl (C=O) groups excluding carboxylic acids is 1. The van der Waals surface area contributed by atoms with E-state index in [4.69, 9.17) is 5.73 Å². The lowest BCUT2D eigenvalue weighted by atomic mass is 10.1. The average molecular weight is 224 g/mol. The normalized spacial score (nSPS) is 12.4. The summed E-state index contributed by atoms with van der Waals surface area (Å²) >= 11 is 0. The van der Waals surface area contributed by atoms with Crippen LogP contribution in [0.5, 0.6) is 0 Å². The molecule has 0 bridgehead atoms. The number of hydrogen-bond donors (Lipinski definition) is 3. The molecule has 0 aliphatic carbocycles. The number of unbranched alkanes of at least 4 members (excludes halogenated alkanes) is 1. The van der Waals surface area contributed by atoms with Crippen molar-refractivity contribution in [2.24, 2.45) is 5.73 Å².